The van der Waals surface area contributed by atoms with Crippen LogP contribution in [0.2, 0.25) is 0 Å². The van der Waals surface area contributed by atoms with Gasteiger partial charge in [-0.15, -0.1) is 11.3 Å². The zero-order valence-electron chi connectivity index (χ0n) is 9.14. The van der Waals surface area contributed by atoms with Crippen LogP contribution in [0.1, 0.15) is 23.7 Å². The fourth-order valence-corrected chi connectivity index (χ4v) is 2.84. The van der Waals surface area contributed by atoms with Gasteiger partial charge < -0.3 is 5.32 Å². The first-order valence-corrected chi connectivity index (χ1v) is 6.59. The van der Waals surface area contributed by atoms with Crippen LogP contribution in [0.5, 0.6) is 0 Å². The van der Waals surface area contributed by atoms with Crippen LogP contribution in [0.25, 0.3) is 0 Å². The molecular weight excluding hydrogens is 288 g/mol. The van der Waals surface area contributed by atoms with Crippen LogP contribution in [-0.2, 0) is 13.6 Å². The summed E-state index contributed by atoms with van der Waals surface area (Å²) in [4.78, 5) is 5.48. The molecule has 2 heterocycles. The van der Waals surface area contributed by atoms with Crippen molar-refractivity contribution in [2.75, 3.05) is 0 Å². The summed E-state index contributed by atoms with van der Waals surface area (Å²) in [5, 5.41) is 7.45. The molecule has 0 bridgehead atoms. The van der Waals surface area contributed by atoms with Crippen LogP contribution in [0.15, 0.2) is 22.2 Å². The average Bonchev–Trinajstić information content (AvgIpc) is 2.84. The highest BCUT2D eigenvalue weighted by Gasteiger charge is 2.08. The molecule has 0 spiro atoms. The van der Waals surface area contributed by atoms with Crippen molar-refractivity contribution < 1.29 is 0 Å². The second-order valence-corrected chi connectivity index (χ2v) is 6.04. The van der Waals surface area contributed by atoms with E-state index in [-0.39, 0.29) is 0 Å². The maximum absolute atomic E-state index is 4.17. The minimum atomic E-state index is 0.327. The van der Waals surface area contributed by atoms with E-state index in [2.05, 4.69) is 50.4 Å². The molecule has 1 unspecified atom stereocenters. The second kappa shape index (κ2) is 5.07. The van der Waals surface area contributed by atoms with Gasteiger partial charge in [0.2, 0.25) is 0 Å². The second-order valence-electron chi connectivity index (χ2n) is 3.54. The molecular formula is C10H13BrN4S. The van der Waals surface area contributed by atoms with E-state index in [0.717, 1.165) is 16.2 Å². The Balaban J connectivity index is 1.93. The van der Waals surface area contributed by atoms with Gasteiger partial charge in [-0.3, -0.25) is 4.68 Å². The standard InChI is InChI=1S/C10H13BrN4S/c1-7(8-3-4-9(11)16-8)12-5-10-13-6-14-15(10)2/h3-4,6-7,12H,5H2,1-2H3. The van der Waals surface area contributed by atoms with Gasteiger partial charge in [0.1, 0.15) is 12.2 Å². The summed E-state index contributed by atoms with van der Waals surface area (Å²) < 4.78 is 2.94. The monoisotopic (exact) mass is 300 g/mol. The van der Waals surface area contributed by atoms with Gasteiger partial charge in [-0.05, 0) is 35.0 Å². The third kappa shape index (κ3) is 2.69. The number of thiophene rings is 1. The van der Waals surface area contributed by atoms with Gasteiger partial charge in [-0.25, -0.2) is 4.98 Å². The lowest BCUT2D eigenvalue weighted by molar-refractivity contribution is 0.546. The van der Waals surface area contributed by atoms with Crippen LogP contribution in [0.3, 0.4) is 0 Å². The van der Waals surface area contributed by atoms with Gasteiger partial charge in [0.05, 0.1) is 10.3 Å². The first-order chi connectivity index (χ1) is 7.66. The van der Waals surface area contributed by atoms with Gasteiger partial charge in [0.15, 0.2) is 0 Å². The third-order valence-electron chi connectivity index (χ3n) is 2.39. The molecule has 16 heavy (non-hydrogen) atoms. The molecule has 0 aromatic carbocycles. The van der Waals surface area contributed by atoms with Gasteiger partial charge in [0, 0.05) is 18.0 Å². The number of hydrogen-bond acceptors (Lipinski definition) is 4. The molecule has 6 heteroatoms. The lowest BCUT2D eigenvalue weighted by atomic mass is 10.3. The van der Waals surface area contributed by atoms with Crippen molar-refractivity contribution in [1.82, 2.24) is 20.1 Å². The van der Waals surface area contributed by atoms with Crippen molar-refractivity contribution in [3.05, 3.63) is 32.9 Å². The molecule has 4 nitrogen and oxygen atoms in total. The Bertz CT molecular complexity index is 465. The summed E-state index contributed by atoms with van der Waals surface area (Å²) in [5.41, 5.74) is 0. The van der Waals surface area contributed by atoms with Crippen LogP contribution in [0, 0.1) is 0 Å². The van der Waals surface area contributed by atoms with Crippen molar-refractivity contribution in [2.45, 2.75) is 19.5 Å². The first-order valence-electron chi connectivity index (χ1n) is 4.98. The highest BCUT2D eigenvalue weighted by atomic mass is 79.9. The number of nitrogens with one attached hydrogen (secondary N) is 1. The Morgan fingerprint density at radius 2 is 2.38 bits per heavy atom. The summed E-state index contributed by atoms with van der Waals surface area (Å²) >= 11 is 5.21. The Morgan fingerprint density at radius 3 is 2.94 bits per heavy atom. The smallest absolute Gasteiger partial charge is 0.140 e. The maximum atomic E-state index is 4.17. The first kappa shape index (κ1) is 11.8. The van der Waals surface area contributed by atoms with Crippen molar-refractivity contribution in [1.29, 1.82) is 0 Å². The Hall–Kier alpha value is -0.720. The normalized spacial score (nSPS) is 12.9. The number of hydrogen-bond donors (Lipinski definition) is 1. The molecule has 0 radical (unpaired) electrons. The van der Waals surface area contributed by atoms with Crippen LogP contribution in [0.4, 0.5) is 0 Å². The molecule has 2 aromatic rings. The molecule has 86 valence electrons. The van der Waals surface area contributed by atoms with E-state index in [4.69, 9.17) is 0 Å². The van der Waals surface area contributed by atoms with E-state index in [9.17, 15) is 0 Å². The SMILES string of the molecule is CC(NCc1ncnn1C)c1ccc(Br)s1. The zero-order chi connectivity index (χ0) is 11.5. The van der Waals surface area contributed by atoms with Crippen LogP contribution < -0.4 is 5.32 Å². The lowest BCUT2D eigenvalue weighted by Gasteiger charge is -2.11. The van der Waals surface area contributed by atoms with Crippen molar-refractivity contribution >= 4 is 27.3 Å². The molecule has 1 N–H and O–H groups in total. The molecule has 1 atom stereocenters. The third-order valence-corrected chi connectivity index (χ3v) is 4.20. The summed E-state index contributed by atoms with van der Waals surface area (Å²) in [6, 6.07) is 4.52. The average molecular weight is 301 g/mol. The number of rotatable bonds is 4. The number of nitrogens with zero attached hydrogens (tertiary/aromatic N) is 3. The molecule has 0 aliphatic rings. The number of halogens is 1. The Morgan fingerprint density at radius 1 is 1.56 bits per heavy atom. The van der Waals surface area contributed by atoms with Gasteiger partial charge >= 0.3 is 0 Å². The van der Waals surface area contributed by atoms with Gasteiger partial charge in [-0.2, -0.15) is 5.10 Å². The summed E-state index contributed by atoms with van der Waals surface area (Å²) in [6.07, 6.45) is 1.57. The van der Waals surface area contributed by atoms with Crippen molar-refractivity contribution in [3.63, 3.8) is 0 Å². The van der Waals surface area contributed by atoms with Crippen LogP contribution >= 0.6 is 27.3 Å². The van der Waals surface area contributed by atoms with E-state index in [0.29, 0.717) is 6.04 Å². The molecule has 2 rings (SSSR count). The minimum absolute atomic E-state index is 0.327. The van der Waals surface area contributed by atoms with Gasteiger partial charge in [-0.1, -0.05) is 0 Å². The van der Waals surface area contributed by atoms with E-state index < -0.39 is 0 Å². The number of aromatic nitrogens is 3. The largest absolute Gasteiger partial charge is 0.302 e. The summed E-state index contributed by atoms with van der Waals surface area (Å²) in [7, 11) is 1.90. The highest BCUT2D eigenvalue weighted by Crippen LogP contribution is 2.27. The predicted octanol–water partition coefficient (Wildman–Crippen LogP) is 2.49. The fourth-order valence-electron chi connectivity index (χ4n) is 1.39. The van der Waals surface area contributed by atoms with Crippen molar-refractivity contribution in [2.24, 2.45) is 7.05 Å². The predicted molar refractivity (Wildman–Crippen MR) is 68.3 cm³/mol. The van der Waals surface area contributed by atoms with E-state index in [1.54, 1.807) is 22.3 Å². The quantitative estimate of drug-likeness (QED) is 0.943. The molecule has 0 amide bonds. The molecule has 0 saturated carbocycles. The number of aryl methyl sites for hydroxylation is 1. The molecule has 0 aliphatic carbocycles. The Kier molecular flexibility index (Phi) is 3.73. The Labute approximate surface area is 107 Å². The van der Waals surface area contributed by atoms with E-state index in [1.807, 2.05) is 7.05 Å². The molecule has 0 aliphatic heterocycles. The van der Waals surface area contributed by atoms with Crippen LogP contribution in [-0.4, -0.2) is 14.8 Å². The fraction of sp³-hybridized carbons (Fsp3) is 0.400. The summed E-state index contributed by atoms with van der Waals surface area (Å²) in [6.45, 7) is 2.88. The topological polar surface area (TPSA) is 42.7 Å². The maximum Gasteiger partial charge on any atom is 0.140 e. The van der Waals surface area contributed by atoms with Crippen molar-refractivity contribution in [3.8, 4) is 0 Å². The highest BCUT2D eigenvalue weighted by molar-refractivity contribution is 9.11. The summed E-state index contributed by atoms with van der Waals surface area (Å²) in [5.74, 6) is 0.947. The lowest BCUT2D eigenvalue weighted by Crippen LogP contribution is -2.19. The molecule has 0 saturated heterocycles. The molecule has 0 fully saturated rings. The van der Waals surface area contributed by atoms with Gasteiger partial charge in [0.25, 0.3) is 0 Å². The zero-order valence-corrected chi connectivity index (χ0v) is 11.5. The minimum Gasteiger partial charge on any atom is -0.302 e. The van der Waals surface area contributed by atoms with E-state index >= 15 is 0 Å². The van der Waals surface area contributed by atoms with E-state index in [1.165, 1.54) is 4.88 Å². The molecule has 2 aromatic heterocycles.